The molecule has 1 atom stereocenters. The van der Waals surface area contributed by atoms with E-state index in [0.29, 0.717) is 0 Å². The molecule has 1 rings (SSSR count). The van der Waals surface area contributed by atoms with Crippen LogP contribution in [0.4, 0.5) is 0 Å². The van der Waals surface area contributed by atoms with E-state index in [4.69, 9.17) is 16.3 Å². The number of methoxy groups -OCH3 is 1. The first-order valence-corrected chi connectivity index (χ1v) is 6.49. The van der Waals surface area contributed by atoms with Gasteiger partial charge in [-0.3, -0.25) is 0 Å². The molecule has 0 aromatic rings. The van der Waals surface area contributed by atoms with Crippen molar-refractivity contribution in [2.75, 3.05) is 19.5 Å². The van der Waals surface area contributed by atoms with Gasteiger partial charge >= 0.3 is 0 Å². The SMILES string of the molecule is COC(C)CNC1(CCl)CCC(C)CC1. The van der Waals surface area contributed by atoms with Crippen molar-refractivity contribution in [1.29, 1.82) is 0 Å². The summed E-state index contributed by atoms with van der Waals surface area (Å²) in [4.78, 5) is 0. The van der Waals surface area contributed by atoms with E-state index in [-0.39, 0.29) is 11.6 Å². The van der Waals surface area contributed by atoms with Gasteiger partial charge in [0.15, 0.2) is 0 Å². The summed E-state index contributed by atoms with van der Waals surface area (Å²) in [7, 11) is 1.75. The van der Waals surface area contributed by atoms with E-state index in [2.05, 4.69) is 19.2 Å². The summed E-state index contributed by atoms with van der Waals surface area (Å²) in [5.74, 6) is 1.58. The first-order valence-electron chi connectivity index (χ1n) is 5.95. The summed E-state index contributed by atoms with van der Waals surface area (Å²) in [6, 6.07) is 0. The zero-order valence-electron chi connectivity index (χ0n) is 10.2. The van der Waals surface area contributed by atoms with E-state index < -0.39 is 0 Å². The second kappa shape index (κ2) is 6.07. The Balaban J connectivity index is 2.39. The highest BCUT2D eigenvalue weighted by Gasteiger charge is 2.33. The van der Waals surface area contributed by atoms with Crippen LogP contribution in [0, 0.1) is 5.92 Å². The number of alkyl halides is 1. The van der Waals surface area contributed by atoms with Crippen LogP contribution in [0.5, 0.6) is 0 Å². The second-order valence-electron chi connectivity index (χ2n) is 5.02. The van der Waals surface area contributed by atoms with Gasteiger partial charge in [0, 0.05) is 25.1 Å². The van der Waals surface area contributed by atoms with Crippen LogP contribution < -0.4 is 5.32 Å². The summed E-state index contributed by atoms with van der Waals surface area (Å²) in [5, 5.41) is 3.60. The molecule has 3 heteroatoms. The minimum absolute atomic E-state index is 0.168. The molecule has 1 saturated carbocycles. The number of nitrogens with one attached hydrogen (secondary N) is 1. The summed E-state index contributed by atoms with van der Waals surface area (Å²) in [5.41, 5.74) is 0.168. The van der Waals surface area contributed by atoms with Gasteiger partial charge < -0.3 is 10.1 Å². The van der Waals surface area contributed by atoms with Gasteiger partial charge in [0.25, 0.3) is 0 Å². The van der Waals surface area contributed by atoms with E-state index in [9.17, 15) is 0 Å². The quantitative estimate of drug-likeness (QED) is 0.738. The molecule has 0 aromatic carbocycles. The third kappa shape index (κ3) is 3.93. The smallest absolute Gasteiger partial charge is 0.0667 e. The Labute approximate surface area is 98.7 Å². The van der Waals surface area contributed by atoms with Crippen LogP contribution in [0.3, 0.4) is 0 Å². The number of ether oxygens (including phenoxy) is 1. The fourth-order valence-electron chi connectivity index (χ4n) is 2.12. The maximum Gasteiger partial charge on any atom is 0.0667 e. The first-order chi connectivity index (χ1) is 7.12. The summed E-state index contributed by atoms with van der Waals surface area (Å²) in [6.45, 7) is 5.31. The van der Waals surface area contributed by atoms with Crippen molar-refractivity contribution in [1.82, 2.24) is 5.32 Å². The van der Waals surface area contributed by atoms with Gasteiger partial charge in [-0.05, 0) is 38.5 Å². The van der Waals surface area contributed by atoms with Gasteiger partial charge in [0.1, 0.15) is 0 Å². The largest absolute Gasteiger partial charge is 0.380 e. The monoisotopic (exact) mass is 233 g/mol. The number of hydrogen-bond acceptors (Lipinski definition) is 2. The molecule has 0 aromatic heterocycles. The van der Waals surface area contributed by atoms with Crippen LogP contribution in [0.1, 0.15) is 39.5 Å². The van der Waals surface area contributed by atoms with Gasteiger partial charge in [0.05, 0.1) is 6.10 Å². The van der Waals surface area contributed by atoms with E-state index >= 15 is 0 Å². The summed E-state index contributed by atoms with van der Waals surface area (Å²) < 4.78 is 5.25. The molecule has 90 valence electrons. The minimum atomic E-state index is 0.168. The van der Waals surface area contributed by atoms with Crippen LogP contribution in [-0.2, 0) is 4.74 Å². The van der Waals surface area contributed by atoms with Gasteiger partial charge in [-0.25, -0.2) is 0 Å². The third-order valence-corrected chi connectivity index (χ3v) is 4.17. The molecular weight excluding hydrogens is 210 g/mol. The van der Waals surface area contributed by atoms with E-state index in [1.807, 2.05) is 0 Å². The molecule has 1 aliphatic rings. The van der Waals surface area contributed by atoms with Gasteiger partial charge in [-0.2, -0.15) is 0 Å². The molecule has 1 N–H and O–H groups in total. The molecule has 0 bridgehead atoms. The number of halogens is 1. The van der Waals surface area contributed by atoms with Crippen molar-refractivity contribution in [3.8, 4) is 0 Å². The van der Waals surface area contributed by atoms with Crippen molar-refractivity contribution in [2.45, 2.75) is 51.2 Å². The Bertz CT molecular complexity index is 178. The third-order valence-electron chi connectivity index (χ3n) is 3.65. The average molecular weight is 234 g/mol. The lowest BCUT2D eigenvalue weighted by Gasteiger charge is -2.39. The van der Waals surface area contributed by atoms with Crippen molar-refractivity contribution < 1.29 is 4.74 Å². The molecule has 1 fully saturated rings. The normalized spacial score (nSPS) is 34.0. The molecule has 0 amide bonds. The number of rotatable bonds is 5. The molecular formula is C12H24ClNO. The van der Waals surface area contributed by atoms with Crippen LogP contribution in [0.2, 0.25) is 0 Å². The summed E-state index contributed by atoms with van der Waals surface area (Å²) >= 11 is 6.11. The second-order valence-corrected chi connectivity index (χ2v) is 5.29. The topological polar surface area (TPSA) is 21.3 Å². The van der Waals surface area contributed by atoms with E-state index in [1.54, 1.807) is 7.11 Å². The zero-order chi connectivity index (χ0) is 11.3. The Hall–Kier alpha value is 0.210. The van der Waals surface area contributed by atoms with Crippen LogP contribution in [0.25, 0.3) is 0 Å². The maximum absolute atomic E-state index is 6.11. The van der Waals surface area contributed by atoms with Crippen LogP contribution in [0.15, 0.2) is 0 Å². The molecule has 15 heavy (non-hydrogen) atoms. The molecule has 0 radical (unpaired) electrons. The minimum Gasteiger partial charge on any atom is -0.380 e. The lowest BCUT2D eigenvalue weighted by molar-refractivity contribution is 0.100. The van der Waals surface area contributed by atoms with Crippen LogP contribution >= 0.6 is 11.6 Å². The standard InChI is InChI=1S/C12H24ClNO/c1-10-4-6-12(9-13,7-5-10)14-8-11(2)15-3/h10-11,14H,4-9H2,1-3H3. The molecule has 0 heterocycles. The zero-order valence-corrected chi connectivity index (χ0v) is 10.9. The maximum atomic E-state index is 6.11. The van der Waals surface area contributed by atoms with Crippen LogP contribution in [-0.4, -0.2) is 31.2 Å². The molecule has 1 aliphatic carbocycles. The van der Waals surface area contributed by atoms with Crippen molar-refractivity contribution in [3.63, 3.8) is 0 Å². The predicted octanol–water partition coefficient (Wildman–Crippen LogP) is 2.80. The van der Waals surface area contributed by atoms with E-state index in [0.717, 1.165) is 18.3 Å². The Kier molecular flexibility index (Phi) is 5.37. The molecule has 1 unspecified atom stereocenters. The van der Waals surface area contributed by atoms with Crippen molar-refractivity contribution >= 4 is 11.6 Å². The lowest BCUT2D eigenvalue weighted by atomic mass is 9.78. The van der Waals surface area contributed by atoms with E-state index in [1.165, 1.54) is 25.7 Å². The average Bonchev–Trinajstić information content (AvgIpc) is 2.28. The summed E-state index contributed by atoms with van der Waals surface area (Å²) in [6.07, 6.45) is 5.26. The Morgan fingerprint density at radius 3 is 2.53 bits per heavy atom. The predicted molar refractivity (Wildman–Crippen MR) is 65.6 cm³/mol. The fraction of sp³-hybridized carbons (Fsp3) is 1.00. The Morgan fingerprint density at radius 1 is 1.47 bits per heavy atom. The first kappa shape index (κ1) is 13.3. The van der Waals surface area contributed by atoms with Gasteiger partial charge in [-0.1, -0.05) is 6.92 Å². The van der Waals surface area contributed by atoms with Crippen molar-refractivity contribution in [3.05, 3.63) is 0 Å². The highest BCUT2D eigenvalue weighted by Crippen LogP contribution is 2.32. The lowest BCUT2D eigenvalue weighted by Crippen LogP contribution is -2.51. The van der Waals surface area contributed by atoms with Gasteiger partial charge in [0.2, 0.25) is 0 Å². The molecule has 2 nitrogen and oxygen atoms in total. The fourth-order valence-corrected chi connectivity index (χ4v) is 2.48. The Morgan fingerprint density at radius 2 is 2.07 bits per heavy atom. The molecule has 0 saturated heterocycles. The molecule has 0 aliphatic heterocycles. The number of hydrogen-bond donors (Lipinski definition) is 1. The van der Waals surface area contributed by atoms with Crippen molar-refractivity contribution in [2.24, 2.45) is 5.92 Å². The molecule has 0 spiro atoms. The highest BCUT2D eigenvalue weighted by atomic mass is 35.5. The van der Waals surface area contributed by atoms with Gasteiger partial charge in [-0.15, -0.1) is 11.6 Å². The highest BCUT2D eigenvalue weighted by molar-refractivity contribution is 6.18.